The molecule has 17 unspecified atom stereocenters. The number of unbranched alkanes of at least 4 members (excludes halogenated alkanes) is 21. The monoisotopic (exact) mass is 1080 g/mol. The molecule has 3 rings (SSSR count). The molecule has 12 N–H and O–H groups in total. The van der Waals surface area contributed by atoms with Crippen LogP contribution in [0, 0.1) is 0 Å². The average molecular weight is 1080 g/mol. The zero-order valence-corrected chi connectivity index (χ0v) is 45.3. The van der Waals surface area contributed by atoms with Gasteiger partial charge in [-0.15, -0.1) is 0 Å². The molecular weight excluding hydrogens is 975 g/mol. The number of aliphatic hydroxyl groups excluding tert-OH is 11. The molecule has 438 valence electrons. The van der Waals surface area contributed by atoms with E-state index in [4.69, 9.17) is 28.4 Å². The maximum absolute atomic E-state index is 13.3. The number of aliphatic hydroxyl groups is 11. The Kier molecular flexibility index (Phi) is 36.1. The van der Waals surface area contributed by atoms with Crippen molar-refractivity contribution in [2.45, 2.75) is 285 Å². The van der Waals surface area contributed by atoms with Crippen LogP contribution in [0.1, 0.15) is 181 Å². The predicted octanol–water partition coefficient (Wildman–Crippen LogP) is 4.15. The third-order valence-corrected chi connectivity index (χ3v) is 14.4. The van der Waals surface area contributed by atoms with Crippen molar-refractivity contribution in [3.8, 4) is 0 Å². The molecule has 0 radical (unpaired) electrons. The van der Waals surface area contributed by atoms with Crippen molar-refractivity contribution in [3.63, 3.8) is 0 Å². The minimum absolute atomic E-state index is 0.233. The second kappa shape index (κ2) is 40.2. The van der Waals surface area contributed by atoms with Crippen LogP contribution < -0.4 is 5.32 Å². The van der Waals surface area contributed by atoms with Gasteiger partial charge in [-0.2, -0.15) is 0 Å². The molecule has 3 saturated heterocycles. The van der Waals surface area contributed by atoms with Crippen molar-refractivity contribution in [2.75, 3.05) is 26.4 Å². The topological polar surface area (TPSA) is 307 Å². The molecule has 75 heavy (non-hydrogen) atoms. The molecule has 17 atom stereocenters. The normalized spacial score (nSPS) is 31.5. The third-order valence-electron chi connectivity index (χ3n) is 14.4. The highest BCUT2D eigenvalue weighted by molar-refractivity contribution is 5.76. The van der Waals surface area contributed by atoms with Crippen molar-refractivity contribution in [3.05, 3.63) is 36.5 Å². The lowest BCUT2D eigenvalue weighted by atomic mass is 9.96. The van der Waals surface area contributed by atoms with Crippen molar-refractivity contribution >= 4 is 5.91 Å². The van der Waals surface area contributed by atoms with E-state index in [-0.39, 0.29) is 18.9 Å². The maximum atomic E-state index is 13.3. The molecule has 3 fully saturated rings. The molecule has 0 aliphatic carbocycles. The second-order valence-corrected chi connectivity index (χ2v) is 20.7. The lowest BCUT2D eigenvalue weighted by Crippen LogP contribution is -2.66. The Balaban J connectivity index is 1.47. The van der Waals surface area contributed by atoms with Gasteiger partial charge in [0, 0.05) is 6.42 Å². The van der Waals surface area contributed by atoms with E-state index in [1.807, 2.05) is 6.08 Å². The molecule has 3 aliphatic heterocycles. The molecule has 0 saturated carbocycles. The Hall–Kier alpha value is -1.99. The lowest BCUT2D eigenvalue weighted by molar-refractivity contribution is -0.379. The fraction of sp³-hybridized carbons (Fsp3) is 0.875. The van der Waals surface area contributed by atoms with Gasteiger partial charge >= 0.3 is 0 Å². The Labute approximate surface area is 447 Å². The van der Waals surface area contributed by atoms with Gasteiger partial charge in [-0.1, -0.05) is 153 Å². The first kappa shape index (κ1) is 67.3. The quantitative estimate of drug-likeness (QED) is 0.0302. The van der Waals surface area contributed by atoms with Crippen LogP contribution in [0.25, 0.3) is 0 Å². The van der Waals surface area contributed by atoms with Gasteiger partial charge in [0.2, 0.25) is 5.91 Å². The minimum Gasteiger partial charge on any atom is -0.394 e. The van der Waals surface area contributed by atoms with Gasteiger partial charge in [0.05, 0.1) is 38.6 Å². The number of allylic oxidation sites excluding steroid dienone is 5. The molecule has 19 nitrogen and oxygen atoms in total. The van der Waals surface area contributed by atoms with E-state index < -0.39 is 124 Å². The van der Waals surface area contributed by atoms with Crippen LogP contribution >= 0.6 is 0 Å². The van der Waals surface area contributed by atoms with E-state index in [0.717, 1.165) is 57.8 Å². The summed E-state index contributed by atoms with van der Waals surface area (Å²) in [6, 6.07) is -0.987. The number of ether oxygens (including phenoxy) is 6. The van der Waals surface area contributed by atoms with Crippen molar-refractivity contribution in [2.24, 2.45) is 0 Å². The number of carbonyl (C=O) groups excluding carboxylic acids is 1. The molecule has 0 aromatic rings. The van der Waals surface area contributed by atoms with Gasteiger partial charge in [0.1, 0.15) is 73.2 Å². The summed E-state index contributed by atoms with van der Waals surface area (Å²) in [4.78, 5) is 13.3. The summed E-state index contributed by atoms with van der Waals surface area (Å²) in [5, 5.41) is 120. The van der Waals surface area contributed by atoms with Crippen molar-refractivity contribution in [1.82, 2.24) is 5.32 Å². The summed E-state index contributed by atoms with van der Waals surface area (Å²) in [5.41, 5.74) is 0. The Morgan fingerprint density at radius 1 is 0.467 bits per heavy atom. The fourth-order valence-corrected chi connectivity index (χ4v) is 9.61. The van der Waals surface area contributed by atoms with Crippen LogP contribution in [0.15, 0.2) is 36.5 Å². The number of hydrogen-bond donors (Lipinski definition) is 12. The van der Waals surface area contributed by atoms with E-state index in [2.05, 4.69) is 43.5 Å². The number of rotatable bonds is 41. The zero-order valence-electron chi connectivity index (χ0n) is 45.3. The van der Waals surface area contributed by atoms with Gasteiger partial charge in [0.25, 0.3) is 0 Å². The van der Waals surface area contributed by atoms with Gasteiger partial charge < -0.3 is 89.9 Å². The molecule has 0 aromatic heterocycles. The Morgan fingerprint density at radius 2 is 0.853 bits per heavy atom. The maximum Gasteiger partial charge on any atom is 0.220 e. The summed E-state index contributed by atoms with van der Waals surface area (Å²) in [7, 11) is 0. The number of amides is 1. The van der Waals surface area contributed by atoms with E-state index in [0.29, 0.717) is 12.8 Å². The van der Waals surface area contributed by atoms with Crippen LogP contribution in [-0.2, 0) is 33.2 Å². The first-order valence-electron chi connectivity index (χ1n) is 28.7. The van der Waals surface area contributed by atoms with Gasteiger partial charge in [-0.25, -0.2) is 0 Å². The molecule has 1 amide bonds. The van der Waals surface area contributed by atoms with Gasteiger partial charge in [-0.3, -0.25) is 4.79 Å². The molecule has 3 aliphatic rings. The number of hydrogen-bond acceptors (Lipinski definition) is 18. The van der Waals surface area contributed by atoms with Crippen LogP contribution in [0.4, 0.5) is 0 Å². The molecule has 19 heteroatoms. The Morgan fingerprint density at radius 3 is 1.36 bits per heavy atom. The zero-order chi connectivity index (χ0) is 54.8. The molecule has 0 spiro atoms. The highest BCUT2D eigenvalue weighted by Gasteiger charge is 2.53. The van der Waals surface area contributed by atoms with Gasteiger partial charge in [-0.05, 0) is 57.8 Å². The highest BCUT2D eigenvalue weighted by atomic mass is 16.8. The van der Waals surface area contributed by atoms with E-state index in [1.54, 1.807) is 6.08 Å². The van der Waals surface area contributed by atoms with Crippen LogP contribution in [0.5, 0.6) is 0 Å². The summed E-state index contributed by atoms with van der Waals surface area (Å²) in [6.07, 6.45) is 14.5. The average Bonchev–Trinajstić information content (AvgIpc) is 3.41. The summed E-state index contributed by atoms with van der Waals surface area (Å²) < 4.78 is 34.1. The number of carbonyl (C=O) groups is 1. The minimum atomic E-state index is -1.98. The molecule has 3 heterocycles. The van der Waals surface area contributed by atoms with E-state index >= 15 is 0 Å². The van der Waals surface area contributed by atoms with Crippen LogP contribution in [0.3, 0.4) is 0 Å². The molecule has 0 aromatic carbocycles. The van der Waals surface area contributed by atoms with E-state index in [9.17, 15) is 61.0 Å². The van der Waals surface area contributed by atoms with Crippen LogP contribution in [0.2, 0.25) is 0 Å². The van der Waals surface area contributed by atoms with E-state index in [1.165, 1.54) is 89.9 Å². The predicted molar refractivity (Wildman–Crippen MR) is 282 cm³/mol. The van der Waals surface area contributed by atoms with Gasteiger partial charge in [0.15, 0.2) is 18.9 Å². The molecular formula is C56H101NO18. The standard InChI is InChI=1S/C56H101NO18/c1-3-5-7-9-11-13-14-15-16-17-18-19-20-21-22-23-24-26-28-30-32-34-44(62)57-39(40(61)33-31-29-27-25-12-10-8-6-4-2)38-70-54-50(68)47(65)52(42(36-59)72-54)75-56-51(69)48(66)53(43(37-60)73-56)74-55-49(67)46(64)45(63)41(35-58)71-55/h12,17-18,25,31,33,39-43,45-56,58-61,63-69H,3-11,13-16,19-24,26-30,32,34-38H2,1-2H3,(H,57,62)/b18-17-,25-12+,33-31+. The fourth-order valence-electron chi connectivity index (χ4n) is 9.61. The second-order valence-electron chi connectivity index (χ2n) is 20.7. The van der Waals surface area contributed by atoms with Crippen LogP contribution in [-0.4, -0.2) is 193 Å². The first-order chi connectivity index (χ1) is 36.3. The smallest absolute Gasteiger partial charge is 0.220 e. The number of nitrogens with one attached hydrogen (secondary N) is 1. The summed E-state index contributed by atoms with van der Waals surface area (Å²) in [5.74, 6) is -0.292. The van der Waals surface area contributed by atoms with Crippen molar-refractivity contribution in [1.29, 1.82) is 0 Å². The largest absolute Gasteiger partial charge is 0.394 e. The van der Waals surface area contributed by atoms with Crippen molar-refractivity contribution < 1.29 is 89.4 Å². The Bertz CT molecular complexity index is 1520. The third kappa shape index (κ3) is 24.9. The molecule has 0 bridgehead atoms. The lowest BCUT2D eigenvalue weighted by Gasteiger charge is -2.48. The summed E-state index contributed by atoms with van der Waals surface area (Å²) in [6.45, 7) is 1.62. The summed E-state index contributed by atoms with van der Waals surface area (Å²) >= 11 is 0. The first-order valence-corrected chi connectivity index (χ1v) is 28.7. The highest BCUT2D eigenvalue weighted by Crippen LogP contribution is 2.33. The SMILES string of the molecule is CCCCC/C=C/CC/C=C/C(O)C(COC1OC(CO)C(OC2OC(CO)C(OC3OC(CO)C(O)C(O)C3O)C(O)C2O)C(O)C1O)NC(=O)CCCCCCCCCCC/C=C\CCCCCCCCCC.